The van der Waals surface area contributed by atoms with Crippen LogP contribution in [-0.2, 0) is 14.6 Å². The number of hydrogen-bond acceptors (Lipinski definition) is 3. The van der Waals surface area contributed by atoms with Gasteiger partial charge in [-0.25, -0.2) is 4.39 Å². The number of halogens is 1. The first-order valence-corrected chi connectivity index (χ1v) is 15.6. The lowest BCUT2D eigenvalue weighted by molar-refractivity contribution is -0.0577. The van der Waals surface area contributed by atoms with Gasteiger partial charge in [0.05, 0.1) is 18.8 Å². The van der Waals surface area contributed by atoms with E-state index in [4.69, 9.17) is 9.16 Å². The van der Waals surface area contributed by atoms with Gasteiger partial charge in [-0.2, -0.15) is 0 Å². The fourth-order valence-corrected chi connectivity index (χ4v) is 11.7. The monoisotopic (exact) mass is 530 g/mol. The van der Waals surface area contributed by atoms with Crippen molar-refractivity contribution < 1.29 is 18.7 Å². The Bertz CT molecular complexity index is 1200. The summed E-state index contributed by atoms with van der Waals surface area (Å²) in [6.07, 6.45) is 3.92. The molecular weight excluding hydrogens is 491 g/mol. The minimum Gasteiger partial charge on any atom is -0.407 e. The van der Waals surface area contributed by atoms with Crippen molar-refractivity contribution in [3.63, 3.8) is 0 Å². The molecule has 1 N–H and O–H groups in total. The Balaban J connectivity index is 1.57. The maximum atomic E-state index is 13.8. The molecule has 1 unspecified atom stereocenters. The van der Waals surface area contributed by atoms with Crippen LogP contribution in [0.5, 0.6) is 0 Å². The Labute approximate surface area is 227 Å². The maximum absolute atomic E-state index is 13.8. The summed E-state index contributed by atoms with van der Waals surface area (Å²) in [6, 6.07) is 28.1. The van der Waals surface area contributed by atoms with E-state index >= 15 is 0 Å². The summed E-state index contributed by atoms with van der Waals surface area (Å²) < 4.78 is 27.5. The van der Waals surface area contributed by atoms with E-state index in [2.05, 4.69) is 81.4 Å². The molecule has 0 radical (unpaired) electrons. The van der Waals surface area contributed by atoms with Crippen LogP contribution in [0.1, 0.15) is 39.7 Å². The van der Waals surface area contributed by atoms with Crippen molar-refractivity contribution in [3.05, 3.63) is 108 Å². The number of ether oxygens (including phenoxy) is 1. The minimum absolute atomic E-state index is 0.00153. The first-order chi connectivity index (χ1) is 18.2. The van der Waals surface area contributed by atoms with Crippen molar-refractivity contribution >= 4 is 18.7 Å². The molecule has 200 valence electrons. The van der Waals surface area contributed by atoms with Gasteiger partial charge in [0.1, 0.15) is 5.82 Å². The van der Waals surface area contributed by atoms with Gasteiger partial charge in [-0.15, -0.1) is 0 Å². The molecule has 3 aromatic rings. The number of rotatable bonds is 8. The summed E-state index contributed by atoms with van der Waals surface area (Å²) in [6.45, 7) is 9.79. The summed E-state index contributed by atoms with van der Waals surface area (Å²) in [5.41, 5.74) is 0.652. The highest BCUT2D eigenvalue weighted by atomic mass is 28.4. The highest BCUT2D eigenvalue weighted by Gasteiger charge is 2.62. The second-order valence-electron chi connectivity index (χ2n) is 11.9. The van der Waals surface area contributed by atoms with Crippen molar-refractivity contribution in [2.24, 2.45) is 11.8 Å². The number of aliphatic hydroxyl groups is 1. The Morgan fingerprint density at radius 1 is 1.00 bits per heavy atom. The van der Waals surface area contributed by atoms with E-state index in [1.165, 1.54) is 22.5 Å². The van der Waals surface area contributed by atoms with Gasteiger partial charge < -0.3 is 14.3 Å². The molecule has 5 heteroatoms. The van der Waals surface area contributed by atoms with Crippen molar-refractivity contribution in [2.75, 3.05) is 13.2 Å². The van der Waals surface area contributed by atoms with Gasteiger partial charge in [-0.05, 0) is 46.5 Å². The molecule has 2 bridgehead atoms. The van der Waals surface area contributed by atoms with E-state index in [-0.39, 0.29) is 34.2 Å². The lowest BCUT2D eigenvalue weighted by Crippen LogP contribution is -2.67. The highest BCUT2D eigenvalue weighted by Crippen LogP contribution is 2.57. The van der Waals surface area contributed by atoms with Crippen LogP contribution in [0.2, 0.25) is 5.04 Å². The van der Waals surface area contributed by atoms with Crippen LogP contribution in [-0.4, -0.2) is 38.8 Å². The summed E-state index contributed by atoms with van der Waals surface area (Å²) in [5, 5.41) is 13.8. The summed E-state index contributed by atoms with van der Waals surface area (Å²) in [7, 11) is -2.74. The molecule has 0 aromatic heterocycles. The highest BCUT2D eigenvalue weighted by molar-refractivity contribution is 6.99. The van der Waals surface area contributed by atoms with Gasteiger partial charge >= 0.3 is 0 Å². The molecule has 5 rings (SSSR count). The smallest absolute Gasteiger partial charge is 0.261 e. The number of allylic oxidation sites excluding steroid dienone is 1. The second-order valence-corrected chi connectivity index (χ2v) is 16.2. The Morgan fingerprint density at radius 3 is 2.11 bits per heavy atom. The maximum Gasteiger partial charge on any atom is 0.261 e. The first kappa shape index (κ1) is 27.0. The Morgan fingerprint density at radius 2 is 1.58 bits per heavy atom. The molecule has 5 atom stereocenters. The van der Waals surface area contributed by atoms with E-state index in [1.807, 2.05) is 31.2 Å². The lowest BCUT2D eigenvalue weighted by Gasteiger charge is -2.46. The average Bonchev–Trinajstić information content (AvgIpc) is 3.48. The van der Waals surface area contributed by atoms with Gasteiger partial charge in [0.25, 0.3) is 8.32 Å². The first-order valence-electron chi connectivity index (χ1n) is 13.7. The lowest BCUT2D eigenvalue weighted by atomic mass is 9.68. The van der Waals surface area contributed by atoms with Crippen molar-refractivity contribution in [3.8, 4) is 0 Å². The second kappa shape index (κ2) is 10.5. The Hall–Kier alpha value is -2.57. The molecule has 1 heterocycles. The zero-order chi connectivity index (χ0) is 27.0. The number of aliphatic hydroxyl groups excluding tert-OH is 1. The average molecular weight is 531 g/mol. The molecule has 38 heavy (non-hydrogen) atoms. The third-order valence-electron chi connectivity index (χ3n) is 8.78. The predicted octanol–water partition coefficient (Wildman–Crippen LogP) is 5.61. The van der Waals surface area contributed by atoms with E-state index in [1.54, 1.807) is 0 Å². The van der Waals surface area contributed by atoms with Gasteiger partial charge in [0.15, 0.2) is 0 Å². The van der Waals surface area contributed by atoms with Crippen LogP contribution in [0.15, 0.2) is 97.1 Å². The van der Waals surface area contributed by atoms with Crippen molar-refractivity contribution in [2.45, 2.75) is 56.8 Å². The summed E-state index contributed by atoms with van der Waals surface area (Å²) in [4.78, 5) is 0. The van der Waals surface area contributed by atoms with E-state index in [0.29, 0.717) is 13.2 Å². The molecule has 1 saturated carbocycles. The molecule has 3 nitrogen and oxygen atoms in total. The van der Waals surface area contributed by atoms with Gasteiger partial charge in [-0.3, -0.25) is 0 Å². The predicted molar refractivity (Wildman–Crippen MR) is 154 cm³/mol. The topological polar surface area (TPSA) is 38.7 Å². The molecule has 2 aliphatic rings. The molecule has 2 fully saturated rings. The zero-order valence-electron chi connectivity index (χ0n) is 22.8. The molecule has 1 aliphatic heterocycles. The third kappa shape index (κ3) is 4.50. The van der Waals surface area contributed by atoms with Gasteiger partial charge in [-0.1, -0.05) is 106 Å². The van der Waals surface area contributed by atoms with Crippen LogP contribution < -0.4 is 10.4 Å². The van der Waals surface area contributed by atoms with E-state index in [9.17, 15) is 9.50 Å². The summed E-state index contributed by atoms with van der Waals surface area (Å²) >= 11 is 0. The van der Waals surface area contributed by atoms with E-state index < -0.39 is 14.4 Å². The van der Waals surface area contributed by atoms with Crippen molar-refractivity contribution in [1.29, 1.82) is 0 Å². The van der Waals surface area contributed by atoms with Crippen LogP contribution in [0.3, 0.4) is 0 Å². The van der Waals surface area contributed by atoms with Crippen LogP contribution in [0.4, 0.5) is 4.39 Å². The zero-order valence-corrected chi connectivity index (χ0v) is 23.8. The van der Waals surface area contributed by atoms with Gasteiger partial charge in [0, 0.05) is 23.9 Å². The SMILES string of the molecule is C/C=C\[C@@H](O)[C@H]1[C@H](CO[Si](c2ccccc2)(c2ccccc2)C(C)(C)C)[C@@H]2CC1(c1ccc(F)cc1)CO2. The fraction of sp³-hybridized carbons (Fsp3) is 0.394. The molecule has 1 aliphatic carbocycles. The number of fused-ring (bicyclic) bond motifs is 2. The number of hydrogen-bond donors (Lipinski definition) is 1. The number of benzene rings is 3. The minimum atomic E-state index is -2.74. The molecule has 0 amide bonds. The van der Waals surface area contributed by atoms with Gasteiger partial charge in [0.2, 0.25) is 0 Å². The quantitative estimate of drug-likeness (QED) is 0.304. The Kier molecular flexibility index (Phi) is 7.49. The normalized spacial score (nSPS) is 26.2. The standard InChI is InChI=1S/C33H39FO3Si/c1-5-12-29(35)31-28(30-21-33(31,23-36-30)24-17-19-25(34)20-18-24)22-37-38(32(2,3)4,26-13-8-6-9-14-26)27-15-10-7-11-16-27/h5-20,28-31,35H,21-23H2,1-4H3/b12-5-/t28-,29-,30+,31-,33?/m1/s1. The molecule has 1 saturated heterocycles. The fourth-order valence-electron chi connectivity index (χ4n) is 7.15. The third-order valence-corrected chi connectivity index (χ3v) is 13.8. The largest absolute Gasteiger partial charge is 0.407 e. The van der Waals surface area contributed by atoms with Crippen LogP contribution in [0, 0.1) is 17.7 Å². The van der Waals surface area contributed by atoms with Crippen molar-refractivity contribution in [1.82, 2.24) is 0 Å². The molecule has 3 aromatic carbocycles. The summed E-state index contributed by atoms with van der Waals surface area (Å²) in [5.74, 6) is -0.349. The van der Waals surface area contributed by atoms with Crippen LogP contribution >= 0.6 is 0 Å². The molecule has 0 spiro atoms. The van der Waals surface area contributed by atoms with E-state index in [0.717, 1.165) is 12.0 Å². The molecular formula is C33H39FO3Si. The van der Waals surface area contributed by atoms with Crippen LogP contribution in [0.25, 0.3) is 0 Å².